The van der Waals surface area contributed by atoms with Crippen LogP contribution in [0.15, 0.2) is 90.1 Å². The zero-order chi connectivity index (χ0) is 20.7. The van der Waals surface area contributed by atoms with E-state index in [1.807, 2.05) is 80.6 Å². The molecule has 148 valence electrons. The summed E-state index contributed by atoms with van der Waals surface area (Å²) in [5, 5.41) is 6.42. The van der Waals surface area contributed by atoms with Gasteiger partial charge in [0.2, 0.25) is 5.95 Å². The van der Waals surface area contributed by atoms with Gasteiger partial charge < -0.3 is 10.6 Å². The highest BCUT2D eigenvalue weighted by atomic mass is 16.1. The van der Waals surface area contributed by atoms with Crippen LogP contribution in [0.4, 0.5) is 11.6 Å². The second-order valence-electron chi connectivity index (χ2n) is 7.59. The van der Waals surface area contributed by atoms with Crippen LogP contribution in [0, 0.1) is 6.92 Å². The van der Waals surface area contributed by atoms with Crippen LogP contribution in [0.5, 0.6) is 0 Å². The third kappa shape index (κ3) is 3.05. The Morgan fingerprint density at radius 2 is 1.63 bits per heavy atom. The Balaban J connectivity index is 1.65. The first-order chi connectivity index (χ1) is 14.6. The topological polar surface area (TPSA) is 59.0 Å². The first-order valence-electron chi connectivity index (χ1n) is 9.99. The molecule has 0 unspecified atom stereocenters. The molecule has 0 saturated carbocycles. The fourth-order valence-corrected chi connectivity index (χ4v) is 4.04. The Labute approximate surface area is 175 Å². The van der Waals surface area contributed by atoms with Gasteiger partial charge in [-0.2, -0.15) is 0 Å². The van der Waals surface area contributed by atoms with Gasteiger partial charge in [0.1, 0.15) is 0 Å². The van der Waals surface area contributed by atoms with Crippen molar-refractivity contribution in [1.82, 2.24) is 9.55 Å². The predicted molar refractivity (Wildman–Crippen MR) is 120 cm³/mol. The van der Waals surface area contributed by atoms with Crippen LogP contribution in [0.2, 0.25) is 0 Å². The van der Waals surface area contributed by atoms with Gasteiger partial charge in [0.05, 0.1) is 22.6 Å². The third-order valence-corrected chi connectivity index (χ3v) is 5.50. The molecule has 2 N–H and O–H groups in total. The Hall–Kier alpha value is -3.86. The summed E-state index contributed by atoms with van der Waals surface area (Å²) in [5.41, 5.74) is 6.33. The van der Waals surface area contributed by atoms with Crippen molar-refractivity contribution in [1.29, 1.82) is 0 Å². The third-order valence-electron chi connectivity index (χ3n) is 5.50. The lowest BCUT2D eigenvalue weighted by atomic mass is 9.94. The molecule has 1 aliphatic heterocycles. The molecule has 1 amide bonds. The van der Waals surface area contributed by atoms with Crippen molar-refractivity contribution in [2.24, 2.45) is 0 Å². The molecule has 1 aromatic heterocycles. The van der Waals surface area contributed by atoms with Gasteiger partial charge in [0, 0.05) is 11.4 Å². The van der Waals surface area contributed by atoms with E-state index in [9.17, 15) is 4.79 Å². The van der Waals surface area contributed by atoms with E-state index < -0.39 is 0 Å². The summed E-state index contributed by atoms with van der Waals surface area (Å²) in [4.78, 5) is 18.2. The number of benzene rings is 3. The van der Waals surface area contributed by atoms with Crippen LogP contribution in [0.1, 0.15) is 24.1 Å². The van der Waals surface area contributed by atoms with E-state index in [1.165, 1.54) is 0 Å². The number of imidazole rings is 1. The van der Waals surface area contributed by atoms with Crippen LogP contribution in [-0.2, 0) is 4.79 Å². The number of carbonyl (C=O) groups excluding carboxylic acids is 1. The normalized spacial score (nSPS) is 15.6. The molecule has 0 fully saturated rings. The minimum atomic E-state index is -0.278. The number of hydrogen-bond acceptors (Lipinski definition) is 3. The molecular formula is C25H22N4O. The van der Waals surface area contributed by atoms with E-state index in [2.05, 4.69) is 27.3 Å². The highest BCUT2D eigenvalue weighted by Crippen LogP contribution is 2.39. The minimum Gasteiger partial charge on any atom is -0.329 e. The van der Waals surface area contributed by atoms with Gasteiger partial charge in [-0.3, -0.25) is 9.36 Å². The molecule has 5 rings (SSSR count). The SMILES string of the molecule is CC1=C(C(=O)Nc2ccc(C)cc2)[C@H](c2ccccc2)n2c(nc3ccccc32)N1. The Kier molecular flexibility index (Phi) is 4.36. The number of allylic oxidation sites excluding steroid dienone is 1. The molecule has 0 radical (unpaired) electrons. The first kappa shape index (κ1) is 18.2. The zero-order valence-electron chi connectivity index (χ0n) is 16.9. The van der Waals surface area contributed by atoms with Crippen molar-refractivity contribution in [2.45, 2.75) is 19.9 Å². The quantitative estimate of drug-likeness (QED) is 0.497. The highest BCUT2D eigenvalue weighted by molar-refractivity contribution is 6.06. The van der Waals surface area contributed by atoms with Crippen LogP contribution in [-0.4, -0.2) is 15.5 Å². The average Bonchev–Trinajstić information content (AvgIpc) is 3.12. The van der Waals surface area contributed by atoms with Crippen LogP contribution >= 0.6 is 0 Å². The average molecular weight is 394 g/mol. The number of amides is 1. The lowest BCUT2D eigenvalue weighted by molar-refractivity contribution is -0.113. The molecule has 0 saturated heterocycles. The summed E-state index contributed by atoms with van der Waals surface area (Å²) in [6.45, 7) is 3.96. The minimum absolute atomic E-state index is 0.124. The van der Waals surface area contributed by atoms with Gasteiger partial charge in [0.25, 0.3) is 5.91 Å². The van der Waals surface area contributed by atoms with Crippen molar-refractivity contribution in [3.8, 4) is 0 Å². The lowest BCUT2D eigenvalue weighted by Crippen LogP contribution is -2.30. The molecule has 0 aliphatic carbocycles. The summed E-state index contributed by atoms with van der Waals surface area (Å²) in [6, 6.07) is 25.7. The molecule has 5 nitrogen and oxygen atoms in total. The number of rotatable bonds is 3. The summed E-state index contributed by atoms with van der Waals surface area (Å²) >= 11 is 0. The van der Waals surface area contributed by atoms with Crippen molar-refractivity contribution in [3.63, 3.8) is 0 Å². The number of aromatic nitrogens is 2. The molecule has 3 aromatic carbocycles. The summed E-state index contributed by atoms with van der Waals surface area (Å²) in [7, 11) is 0. The number of fused-ring (bicyclic) bond motifs is 3. The Morgan fingerprint density at radius 3 is 2.40 bits per heavy atom. The molecule has 30 heavy (non-hydrogen) atoms. The van der Waals surface area contributed by atoms with Gasteiger partial charge in [-0.1, -0.05) is 60.2 Å². The fourth-order valence-electron chi connectivity index (χ4n) is 4.04. The van der Waals surface area contributed by atoms with Gasteiger partial charge in [-0.05, 0) is 43.7 Å². The predicted octanol–water partition coefficient (Wildman–Crippen LogP) is 5.27. The van der Waals surface area contributed by atoms with E-state index in [4.69, 9.17) is 4.98 Å². The van der Waals surface area contributed by atoms with Gasteiger partial charge in [-0.25, -0.2) is 4.98 Å². The van der Waals surface area contributed by atoms with Crippen LogP contribution < -0.4 is 10.6 Å². The molecule has 4 aromatic rings. The maximum Gasteiger partial charge on any atom is 0.255 e. The van der Waals surface area contributed by atoms with E-state index in [0.717, 1.165) is 39.5 Å². The second kappa shape index (κ2) is 7.19. The number of nitrogens with zero attached hydrogens (tertiary/aromatic N) is 2. The zero-order valence-corrected chi connectivity index (χ0v) is 16.9. The van der Waals surface area contributed by atoms with Crippen molar-refractivity contribution < 1.29 is 4.79 Å². The molecule has 5 heteroatoms. The smallest absolute Gasteiger partial charge is 0.255 e. The van der Waals surface area contributed by atoms with Gasteiger partial charge >= 0.3 is 0 Å². The Bertz CT molecular complexity index is 1270. The number of hydrogen-bond donors (Lipinski definition) is 2. The first-order valence-corrected chi connectivity index (χ1v) is 9.99. The fraction of sp³-hybridized carbons (Fsp3) is 0.120. The van der Waals surface area contributed by atoms with Crippen LogP contribution in [0.25, 0.3) is 11.0 Å². The monoisotopic (exact) mass is 394 g/mol. The number of carbonyl (C=O) groups is 1. The van der Waals surface area contributed by atoms with E-state index in [-0.39, 0.29) is 11.9 Å². The number of nitrogens with one attached hydrogen (secondary N) is 2. The maximum absolute atomic E-state index is 13.5. The van der Waals surface area contributed by atoms with Crippen molar-refractivity contribution in [2.75, 3.05) is 10.6 Å². The molecule has 0 bridgehead atoms. The second-order valence-corrected chi connectivity index (χ2v) is 7.59. The maximum atomic E-state index is 13.5. The molecular weight excluding hydrogens is 372 g/mol. The van der Waals surface area contributed by atoms with Crippen molar-refractivity contribution >= 4 is 28.6 Å². The van der Waals surface area contributed by atoms with Crippen LogP contribution in [0.3, 0.4) is 0 Å². The highest BCUT2D eigenvalue weighted by Gasteiger charge is 2.33. The number of anilines is 2. The lowest BCUT2D eigenvalue weighted by Gasteiger charge is -2.30. The molecule has 0 spiro atoms. The standard InChI is InChI=1S/C25H22N4O/c1-16-12-14-19(15-13-16)27-24(30)22-17(2)26-25-28-20-10-6-7-11-21(20)29(25)23(22)18-8-4-3-5-9-18/h3-15,23H,1-2H3,(H,26,28)(H,27,30)/t23-/m0/s1. The molecule has 1 aliphatic rings. The van der Waals surface area contributed by atoms with E-state index >= 15 is 0 Å². The van der Waals surface area contributed by atoms with E-state index in [1.54, 1.807) is 0 Å². The summed E-state index contributed by atoms with van der Waals surface area (Å²) < 4.78 is 2.11. The van der Waals surface area contributed by atoms with Crippen molar-refractivity contribution in [3.05, 3.63) is 101 Å². The largest absolute Gasteiger partial charge is 0.329 e. The molecule has 2 heterocycles. The van der Waals surface area contributed by atoms with Gasteiger partial charge in [-0.15, -0.1) is 0 Å². The molecule has 1 atom stereocenters. The van der Waals surface area contributed by atoms with E-state index in [0.29, 0.717) is 5.57 Å². The summed E-state index contributed by atoms with van der Waals surface area (Å²) in [6.07, 6.45) is 0. The Morgan fingerprint density at radius 1 is 0.933 bits per heavy atom. The number of para-hydroxylation sites is 2. The summed E-state index contributed by atoms with van der Waals surface area (Å²) in [5.74, 6) is 0.621. The number of aryl methyl sites for hydroxylation is 1. The van der Waals surface area contributed by atoms with Gasteiger partial charge in [0.15, 0.2) is 0 Å².